The van der Waals surface area contributed by atoms with Crippen molar-refractivity contribution in [2.45, 2.75) is 32.4 Å². The molecule has 3 heteroatoms. The fraction of sp³-hybridized carbons (Fsp3) is 0.889. The molecule has 70 valence electrons. The van der Waals surface area contributed by atoms with Crippen LogP contribution in [-0.4, -0.2) is 36.5 Å². The van der Waals surface area contributed by atoms with E-state index in [4.69, 9.17) is 0 Å². The molecule has 0 aromatic rings. The molecule has 1 rings (SSSR count). The lowest BCUT2D eigenvalue weighted by molar-refractivity contribution is -0.117. The minimum atomic E-state index is -0.675. The summed E-state index contributed by atoms with van der Waals surface area (Å²) in [6.45, 7) is 3.79. The Bertz CT molecular complexity index is 161. The Balaban J connectivity index is 2.18. The topological polar surface area (TPSA) is 20.3 Å². The van der Waals surface area contributed by atoms with E-state index < -0.39 is 6.17 Å². The molecular formula is C9H16FNO. The predicted molar refractivity (Wildman–Crippen MR) is 45.9 cm³/mol. The first-order valence-corrected chi connectivity index (χ1v) is 4.54. The second-order valence-corrected chi connectivity index (χ2v) is 3.49. The number of carbonyl (C=O) groups excluding carboxylic acids is 1. The Morgan fingerprint density at radius 3 is 3.00 bits per heavy atom. The van der Waals surface area contributed by atoms with E-state index in [-0.39, 0.29) is 5.78 Å². The highest BCUT2D eigenvalue weighted by Crippen LogP contribution is 2.12. The SMILES string of the molecule is CC(=O)CCN1CCCC(F)C1. The monoisotopic (exact) mass is 173 g/mol. The van der Waals surface area contributed by atoms with Gasteiger partial charge in [0.05, 0.1) is 0 Å². The number of nitrogens with zero attached hydrogens (tertiary/aromatic N) is 1. The number of hydrogen-bond acceptors (Lipinski definition) is 2. The maximum atomic E-state index is 12.8. The summed E-state index contributed by atoms with van der Waals surface area (Å²) in [6, 6.07) is 0. The van der Waals surface area contributed by atoms with E-state index in [0.29, 0.717) is 19.4 Å². The lowest BCUT2D eigenvalue weighted by Crippen LogP contribution is -2.37. The smallest absolute Gasteiger partial charge is 0.131 e. The third-order valence-corrected chi connectivity index (χ3v) is 2.23. The van der Waals surface area contributed by atoms with Crippen molar-refractivity contribution in [2.75, 3.05) is 19.6 Å². The van der Waals surface area contributed by atoms with Gasteiger partial charge >= 0.3 is 0 Å². The van der Waals surface area contributed by atoms with E-state index in [1.807, 2.05) is 4.90 Å². The fourth-order valence-electron chi connectivity index (χ4n) is 1.52. The first kappa shape index (κ1) is 9.65. The molecule has 1 atom stereocenters. The summed E-state index contributed by atoms with van der Waals surface area (Å²) in [6.07, 6.45) is 1.51. The molecule has 0 amide bonds. The van der Waals surface area contributed by atoms with Crippen LogP contribution in [-0.2, 0) is 4.79 Å². The molecule has 1 aliphatic heterocycles. The zero-order chi connectivity index (χ0) is 8.97. The molecule has 1 unspecified atom stereocenters. The molecule has 1 aliphatic rings. The first-order valence-electron chi connectivity index (χ1n) is 4.54. The van der Waals surface area contributed by atoms with Crippen LogP contribution in [0.15, 0.2) is 0 Å². The van der Waals surface area contributed by atoms with Gasteiger partial charge in [0.25, 0.3) is 0 Å². The lowest BCUT2D eigenvalue weighted by atomic mass is 10.1. The van der Waals surface area contributed by atoms with Gasteiger partial charge in [0.15, 0.2) is 0 Å². The van der Waals surface area contributed by atoms with Gasteiger partial charge in [0.1, 0.15) is 12.0 Å². The quantitative estimate of drug-likeness (QED) is 0.643. The van der Waals surface area contributed by atoms with Crippen LogP contribution in [0.3, 0.4) is 0 Å². The minimum absolute atomic E-state index is 0.191. The van der Waals surface area contributed by atoms with Crippen LogP contribution in [0.25, 0.3) is 0 Å². The second kappa shape index (κ2) is 4.55. The highest BCUT2D eigenvalue weighted by Gasteiger charge is 2.18. The second-order valence-electron chi connectivity index (χ2n) is 3.49. The number of Topliss-reactive ketones (excluding diaryl/α,β-unsaturated/α-hetero) is 1. The molecule has 0 N–H and O–H groups in total. The molecule has 0 aliphatic carbocycles. The molecule has 0 aromatic carbocycles. The molecule has 1 fully saturated rings. The number of likely N-dealkylation sites (tertiary alicyclic amines) is 1. The van der Waals surface area contributed by atoms with Gasteiger partial charge in [0, 0.05) is 19.5 Å². The highest BCUT2D eigenvalue weighted by molar-refractivity contribution is 5.75. The van der Waals surface area contributed by atoms with Crippen LogP contribution in [0, 0.1) is 0 Å². The Labute approximate surface area is 72.7 Å². The van der Waals surface area contributed by atoms with Gasteiger partial charge in [-0.25, -0.2) is 4.39 Å². The summed E-state index contributed by atoms with van der Waals surface area (Å²) in [4.78, 5) is 12.7. The molecule has 0 saturated carbocycles. The minimum Gasteiger partial charge on any atom is -0.300 e. The van der Waals surface area contributed by atoms with Crippen LogP contribution in [0.4, 0.5) is 4.39 Å². The van der Waals surface area contributed by atoms with E-state index in [1.54, 1.807) is 6.92 Å². The van der Waals surface area contributed by atoms with Crippen LogP contribution in [0.1, 0.15) is 26.2 Å². The zero-order valence-electron chi connectivity index (χ0n) is 7.55. The van der Waals surface area contributed by atoms with Crippen LogP contribution in [0.5, 0.6) is 0 Å². The average molecular weight is 173 g/mol. The van der Waals surface area contributed by atoms with Crippen molar-refractivity contribution in [1.82, 2.24) is 4.90 Å². The number of halogens is 1. The Hall–Kier alpha value is -0.440. The van der Waals surface area contributed by atoms with Gasteiger partial charge in [-0.15, -0.1) is 0 Å². The van der Waals surface area contributed by atoms with Crippen molar-refractivity contribution in [2.24, 2.45) is 0 Å². The van der Waals surface area contributed by atoms with Crippen molar-refractivity contribution in [3.63, 3.8) is 0 Å². The number of hydrogen-bond donors (Lipinski definition) is 0. The van der Waals surface area contributed by atoms with E-state index in [9.17, 15) is 9.18 Å². The maximum Gasteiger partial charge on any atom is 0.131 e. The normalized spacial score (nSPS) is 25.7. The first-order chi connectivity index (χ1) is 5.68. The van der Waals surface area contributed by atoms with Gasteiger partial charge < -0.3 is 4.90 Å². The van der Waals surface area contributed by atoms with Gasteiger partial charge in [-0.2, -0.15) is 0 Å². The van der Waals surface area contributed by atoms with Gasteiger partial charge in [-0.3, -0.25) is 4.79 Å². The summed E-state index contributed by atoms with van der Waals surface area (Å²) in [5.41, 5.74) is 0. The van der Waals surface area contributed by atoms with Crippen molar-refractivity contribution in [3.05, 3.63) is 0 Å². The molecular weight excluding hydrogens is 157 g/mol. The Kier molecular flexibility index (Phi) is 3.66. The largest absolute Gasteiger partial charge is 0.300 e. The number of alkyl halides is 1. The fourth-order valence-corrected chi connectivity index (χ4v) is 1.52. The Morgan fingerprint density at radius 2 is 2.42 bits per heavy atom. The van der Waals surface area contributed by atoms with Crippen LogP contribution >= 0.6 is 0 Å². The molecule has 0 spiro atoms. The van der Waals surface area contributed by atoms with E-state index in [2.05, 4.69) is 0 Å². The predicted octanol–water partition coefficient (Wildman–Crippen LogP) is 1.40. The summed E-state index contributed by atoms with van der Waals surface area (Å²) in [5, 5.41) is 0. The molecule has 0 aromatic heterocycles. The van der Waals surface area contributed by atoms with Crippen molar-refractivity contribution < 1.29 is 9.18 Å². The zero-order valence-corrected chi connectivity index (χ0v) is 7.55. The van der Waals surface area contributed by atoms with Gasteiger partial charge in [-0.1, -0.05) is 0 Å². The highest BCUT2D eigenvalue weighted by atomic mass is 19.1. The Morgan fingerprint density at radius 1 is 1.67 bits per heavy atom. The third kappa shape index (κ3) is 3.30. The maximum absolute atomic E-state index is 12.8. The summed E-state index contributed by atoms with van der Waals surface area (Å²) in [7, 11) is 0. The van der Waals surface area contributed by atoms with Crippen molar-refractivity contribution in [1.29, 1.82) is 0 Å². The number of ketones is 1. The lowest BCUT2D eigenvalue weighted by Gasteiger charge is -2.28. The average Bonchev–Trinajstić information content (AvgIpc) is 2.01. The molecule has 1 saturated heterocycles. The van der Waals surface area contributed by atoms with E-state index in [0.717, 1.165) is 19.5 Å². The molecule has 2 nitrogen and oxygen atoms in total. The molecule has 0 radical (unpaired) electrons. The number of piperidine rings is 1. The van der Waals surface area contributed by atoms with E-state index in [1.165, 1.54) is 0 Å². The summed E-state index contributed by atoms with van der Waals surface area (Å²) >= 11 is 0. The summed E-state index contributed by atoms with van der Waals surface area (Å²) in [5.74, 6) is 0.191. The third-order valence-electron chi connectivity index (χ3n) is 2.23. The standard InChI is InChI=1S/C9H16FNO/c1-8(12)4-6-11-5-2-3-9(10)7-11/h9H,2-7H2,1H3. The molecule has 1 heterocycles. The molecule has 0 bridgehead atoms. The van der Waals surface area contributed by atoms with Crippen molar-refractivity contribution >= 4 is 5.78 Å². The molecule has 12 heavy (non-hydrogen) atoms. The van der Waals surface area contributed by atoms with Crippen LogP contribution in [0.2, 0.25) is 0 Å². The van der Waals surface area contributed by atoms with Gasteiger partial charge in [-0.05, 0) is 26.3 Å². The number of rotatable bonds is 3. The van der Waals surface area contributed by atoms with Crippen molar-refractivity contribution in [3.8, 4) is 0 Å². The number of carbonyl (C=O) groups is 1. The van der Waals surface area contributed by atoms with E-state index >= 15 is 0 Å². The van der Waals surface area contributed by atoms with Gasteiger partial charge in [0.2, 0.25) is 0 Å². The van der Waals surface area contributed by atoms with Crippen LogP contribution < -0.4 is 0 Å². The summed E-state index contributed by atoms with van der Waals surface area (Å²) < 4.78 is 12.8.